The molecular formula is C108H68N2S2. The average molecular weight is 1460 g/mol. The highest BCUT2D eigenvalue weighted by atomic mass is 32.1. The zero-order valence-corrected chi connectivity index (χ0v) is 62.6. The maximum Gasteiger partial charge on any atom is 0.0467 e. The van der Waals surface area contributed by atoms with Crippen molar-refractivity contribution in [3.8, 4) is 77.9 Å². The van der Waals surface area contributed by atoms with Crippen molar-refractivity contribution in [3.05, 3.63) is 413 Å². The number of fused-ring (bicyclic) bond motifs is 16. The number of benzene rings is 20. The highest BCUT2D eigenvalue weighted by Gasteiger charge is 2.22. The van der Waals surface area contributed by atoms with Gasteiger partial charge in [0.15, 0.2) is 0 Å². The van der Waals surface area contributed by atoms with Gasteiger partial charge in [0.05, 0.1) is 0 Å². The number of anilines is 6. The van der Waals surface area contributed by atoms with Crippen LogP contribution in [0.2, 0.25) is 0 Å². The fraction of sp³-hybridized carbons (Fsp3) is 0. The van der Waals surface area contributed by atoms with Crippen LogP contribution in [0.3, 0.4) is 0 Å². The molecular weight excluding hydrogens is 1390 g/mol. The van der Waals surface area contributed by atoms with Crippen molar-refractivity contribution in [1.82, 2.24) is 0 Å². The molecule has 522 valence electrons. The predicted octanol–water partition coefficient (Wildman–Crippen LogP) is 32.0. The molecule has 0 amide bonds. The average Bonchev–Trinajstić information content (AvgIpc) is 1.51. The van der Waals surface area contributed by atoms with Crippen molar-refractivity contribution in [2.75, 3.05) is 9.80 Å². The molecule has 0 saturated heterocycles. The second-order valence-electron chi connectivity index (χ2n) is 29.3. The third-order valence-electron chi connectivity index (χ3n) is 23.1. The lowest BCUT2D eigenvalue weighted by Crippen LogP contribution is -2.10. The molecule has 2 aromatic heterocycles. The molecule has 2 heterocycles. The number of nitrogens with zero attached hydrogens (tertiary/aromatic N) is 2. The van der Waals surface area contributed by atoms with Crippen LogP contribution in [0.25, 0.3) is 183 Å². The van der Waals surface area contributed by atoms with E-state index in [2.05, 4.69) is 422 Å². The van der Waals surface area contributed by atoms with Gasteiger partial charge >= 0.3 is 0 Å². The minimum Gasteiger partial charge on any atom is -0.311 e. The lowest BCUT2D eigenvalue weighted by atomic mass is 9.91. The van der Waals surface area contributed by atoms with E-state index in [9.17, 15) is 0 Å². The van der Waals surface area contributed by atoms with E-state index in [0.29, 0.717) is 0 Å². The molecule has 0 spiro atoms. The summed E-state index contributed by atoms with van der Waals surface area (Å²) in [7, 11) is 0. The Balaban J connectivity index is 0.604. The second-order valence-corrected chi connectivity index (χ2v) is 31.5. The van der Waals surface area contributed by atoms with Crippen LogP contribution in [0.5, 0.6) is 0 Å². The summed E-state index contributed by atoms with van der Waals surface area (Å²) in [6.45, 7) is 0. The Labute approximate surface area is 657 Å². The summed E-state index contributed by atoms with van der Waals surface area (Å²) in [6.07, 6.45) is 0. The topological polar surface area (TPSA) is 6.48 Å². The SMILES string of the molecule is c1ccc(-c2ccc(N(c3ccc(-c4cc5c6ccccc6ccc5c5ccccc45)cc3)c3cccc(-c4cccc5sc6c(-c7cccc(-c8ccc(N(c9ccc(-c%10cc%11c%12ccccc%12ccc%11c%11ccccc%10%11)cc9)c9ccc(-c%10cccc%11c%10sc%10ccccc%10%11)cc9)cc8)c7)cccc6c45)c3)cc2)cc1. The summed E-state index contributed by atoms with van der Waals surface area (Å²) >= 11 is 3.76. The highest BCUT2D eigenvalue weighted by molar-refractivity contribution is 7.26. The number of hydrogen-bond acceptors (Lipinski definition) is 4. The Hall–Kier alpha value is -14.0. The molecule has 0 aliphatic carbocycles. The van der Waals surface area contributed by atoms with Crippen LogP contribution < -0.4 is 9.80 Å². The van der Waals surface area contributed by atoms with Crippen LogP contribution in [0.1, 0.15) is 0 Å². The van der Waals surface area contributed by atoms with Crippen molar-refractivity contribution in [2.45, 2.75) is 0 Å². The van der Waals surface area contributed by atoms with Gasteiger partial charge in [-0.1, -0.05) is 309 Å². The molecule has 22 aromatic rings. The molecule has 0 saturated carbocycles. The smallest absolute Gasteiger partial charge is 0.0467 e. The van der Waals surface area contributed by atoms with Crippen LogP contribution in [-0.2, 0) is 0 Å². The quantitative estimate of drug-likeness (QED) is 0.106. The van der Waals surface area contributed by atoms with Gasteiger partial charge in [-0.25, -0.2) is 0 Å². The molecule has 0 aliphatic heterocycles. The Morgan fingerprint density at radius 3 is 1.07 bits per heavy atom. The summed E-state index contributed by atoms with van der Waals surface area (Å²) < 4.78 is 5.16. The molecule has 0 N–H and O–H groups in total. The summed E-state index contributed by atoms with van der Waals surface area (Å²) in [5.41, 5.74) is 23.2. The summed E-state index contributed by atoms with van der Waals surface area (Å²) in [5, 5.41) is 20.3. The standard InChI is InChI=1S/C108H68N2S2/c1-2-19-69(20-3-1)70-41-53-83(54-42-70)110(84-61-49-76(50-62-84)101-68-103-87-28-7-5-22-73(87)52-64-96(103)92-30-9-11-32-94(92)101)85-26-15-25-79(66-85)88-34-18-40-105-106(88)99-38-17-36-90(108(99)112-105)78-24-14-23-77(65-78)71-43-55-80(56-44-71)109(81-57-45-74(46-58-81)89-35-16-37-98-97-33-12-13-39-104(97)111-107(89)98)82-59-47-75(48-60-82)100-67-102-86-27-6-4-21-72(86)51-63-95(102)91-29-8-10-31-93(91)100/h1-68H. The lowest BCUT2D eigenvalue weighted by molar-refractivity contribution is 1.28. The maximum absolute atomic E-state index is 2.41. The van der Waals surface area contributed by atoms with Gasteiger partial charge in [0.2, 0.25) is 0 Å². The van der Waals surface area contributed by atoms with E-state index in [1.165, 1.54) is 166 Å². The monoisotopic (exact) mass is 1460 g/mol. The van der Waals surface area contributed by atoms with E-state index >= 15 is 0 Å². The first-order valence-corrected chi connectivity index (χ1v) is 40.0. The molecule has 0 fully saturated rings. The Kier molecular flexibility index (Phi) is 15.7. The van der Waals surface area contributed by atoms with Crippen molar-refractivity contribution in [3.63, 3.8) is 0 Å². The van der Waals surface area contributed by atoms with Gasteiger partial charge in [-0.2, -0.15) is 0 Å². The number of rotatable bonds is 13. The Morgan fingerprint density at radius 1 is 0.152 bits per heavy atom. The Morgan fingerprint density at radius 2 is 0.500 bits per heavy atom. The fourth-order valence-electron chi connectivity index (χ4n) is 17.7. The minimum absolute atomic E-state index is 1.07. The van der Waals surface area contributed by atoms with Crippen molar-refractivity contribution in [2.24, 2.45) is 0 Å². The van der Waals surface area contributed by atoms with E-state index in [1.54, 1.807) is 0 Å². The molecule has 22 rings (SSSR count). The lowest BCUT2D eigenvalue weighted by Gasteiger charge is -2.26. The van der Waals surface area contributed by atoms with E-state index in [-0.39, 0.29) is 0 Å². The van der Waals surface area contributed by atoms with Gasteiger partial charge < -0.3 is 9.80 Å². The molecule has 0 atom stereocenters. The molecule has 112 heavy (non-hydrogen) atoms. The maximum atomic E-state index is 2.41. The van der Waals surface area contributed by atoms with E-state index in [4.69, 9.17) is 0 Å². The van der Waals surface area contributed by atoms with Crippen LogP contribution in [0, 0.1) is 0 Å². The third-order valence-corrected chi connectivity index (χ3v) is 25.5. The minimum atomic E-state index is 1.07. The zero-order valence-electron chi connectivity index (χ0n) is 61.0. The number of hydrogen-bond donors (Lipinski definition) is 0. The molecule has 0 bridgehead atoms. The van der Waals surface area contributed by atoms with Gasteiger partial charge in [0.1, 0.15) is 0 Å². The van der Waals surface area contributed by atoms with E-state index in [0.717, 1.165) is 50.8 Å². The highest BCUT2D eigenvalue weighted by Crippen LogP contribution is 2.49. The molecule has 4 heteroatoms. The van der Waals surface area contributed by atoms with Crippen LogP contribution >= 0.6 is 22.7 Å². The van der Waals surface area contributed by atoms with Gasteiger partial charge in [-0.05, 0) is 246 Å². The van der Waals surface area contributed by atoms with Crippen molar-refractivity contribution in [1.29, 1.82) is 0 Å². The van der Waals surface area contributed by atoms with Gasteiger partial charge in [-0.15, -0.1) is 22.7 Å². The normalized spacial score (nSPS) is 11.8. The van der Waals surface area contributed by atoms with Gasteiger partial charge in [0, 0.05) is 74.5 Å². The van der Waals surface area contributed by atoms with Crippen molar-refractivity contribution < 1.29 is 0 Å². The number of thiophene rings is 2. The fourth-order valence-corrected chi connectivity index (χ4v) is 20.2. The zero-order chi connectivity index (χ0) is 73.7. The predicted molar refractivity (Wildman–Crippen MR) is 485 cm³/mol. The van der Waals surface area contributed by atoms with Crippen LogP contribution in [0.15, 0.2) is 413 Å². The molecule has 0 aliphatic rings. The van der Waals surface area contributed by atoms with Gasteiger partial charge in [0.25, 0.3) is 0 Å². The first kappa shape index (κ1) is 65.1. The second kappa shape index (κ2) is 27.0. The van der Waals surface area contributed by atoms with Crippen LogP contribution in [-0.4, -0.2) is 0 Å². The first-order chi connectivity index (χ1) is 55.5. The molecule has 2 nitrogen and oxygen atoms in total. The van der Waals surface area contributed by atoms with Gasteiger partial charge in [-0.3, -0.25) is 0 Å². The molecule has 20 aromatic carbocycles. The van der Waals surface area contributed by atoms with Crippen LogP contribution in [0.4, 0.5) is 34.1 Å². The summed E-state index contributed by atoms with van der Waals surface area (Å²) in [6, 6.07) is 153. The Bertz CT molecular complexity index is 7460. The largest absolute Gasteiger partial charge is 0.311 e. The molecule has 0 radical (unpaired) electrons. The van der Waals surface area contributed by atoms with Crippen molar-refractivity contribution >= 4 is 162 Å². The third kappa shape index (κ3) is 11.1. The summed E-state index contributed by atoms with van der Waals surface area (Å²) in [5.74, 6) is 0. The van der Waals surface area contributed by atoms with E-state index in [1.807, 2.05) is 22.7 Å². The first-order valence-electron chi connectivity index (χ1n) is 38.4. The molecule has 0 unspecified atom stereocenters. The summed E-state index contributed by atoms with van der Waals surface area (Å²) in [4.78, 5) is 4.82. The van der Waals surface area contributed by atoms with E-state index < -0.39 is 0 Å².